The molecule has 0 amide bonds. The third-order valence-electron chi connectivity index (χ3n) is 3.24. The predicted octanol–water partition coefficient (Wildman–Crippen LogP) is 2.09. The van der Waals surface area contributed by atoms with Gasteiger partial charge in [-0.2, -0.15) is 9.78 Å². The standard InChI is InChI=1S/C16H15N5O2/c1-2-23-16(22)12-10-18-21(15(12)17)14-9-8-13(19-20-14)11-6-4-3-5-7-11/h3-10H,2,17H2,1H3. The maximum absolute atomic E-state index is 11.8. The molecule has 0 aliphatic rings. The van der Waals surface area contributed by atoms with Crippen molar-refractivity contribution in [1.82, 2.24) is 20.0 Å². The first kappa shape index (κ1) is 14.7. The highest BCUT2D eigenvalue weighted by Gasteiger charge is 2.17. The molecule has 2 heterocycles. The van der Waals surface area contributed by atoms with Crippen molar-refractivity contribution >= 4 is 11.8 Å². The third kappa shape index (κ3) is 2.89. The van der Waals surface area contributed by atoms with Gasteiger partial charge in [-0.3, -0.25) is 0 Å². The Balaban J connectivity index is 1.90. The molecule has 3 rings (SSSR count). The number of benzene rings is 1. The molecule has 3 aromatic rings. The van der Waals surface area contributed by atoms with Crippen LogP contribution >= 0.6 is 0 Å². The van der Waals surface area contributed by atoms with Crippen molar-refractivity contribution in [2.75, 3.05) is 12.3 Å². The fourth-order valence-corrected chi connectivity index (χ4v) is 2.11. The lowest BCUT2D eigenvalue weighted by Crippen LogP contribution is -2.10. The lowest BCUT2D eigenvalue weighted by atomic mass is 10.1. The number of esters is 1. The van der Waals surface area contributed by atoms with Gasteiger partial charge in [0.25, 0.3) is 0 Å². The Bertz CT molecular complexity index is 812. The zero-order valence-corrected chi connectivity index (χ0v) is 12.5. The molecule has 0 atom stereocenters. The van der Waals surface area contributed by atoms with E-state index in [9.17, 15) is 4.79 Å². The monoisotopic (exact) mass is 309 g/mol. The van der Waals surface area contributed by atoms with Gasteiger partial charge < -0.3 is 10.5 Å². The summed E-state index contributed by atoms with van der Waals surface area (Å²) in [5.41, 5.74) is 7.86. The first-order valence-corrected chi connectivity index (χ1v) is 7.11. The molecule has 2 N–H and O–H groups in total. The van der Waals surface area contributed by atoms with Gasteiger partial charge in [-0.25, -0.2) is 4.79 Å². The molecule has 0 unspecified atom stereocenters. The number of hydrogen-bond acceptors (Lipinski definition) is 6. The number of hydrogen-bond donors (Lipinski definition) is 1. The quantitative estimate of drug-likeness (QED) is 0.741. The number of rotatable bonds is 4. The molecule has 7 heteroatoms. The smallest absolute Gasteiger partial charge is 0.343 e. The second-order valence-corrected chi connectivity index (χ2v) is 4.72. The van der Waals surface area contributed by atoms with E-state index >= 15 is 0 Å². The van der Waals surface area contributed by atoms with Crippen molar-refractivity contribution in [2.24, 2.45) is 0 Å². The maximum atomic E-state index is 11.8. The second kappa shape index (κ2) is 6.27. The molecule has 0 fully saturated rings. The molecule has 7 nitrogen and oxygen atoms in total. The average molecular weight is 309 g/mol. The van der Waals surface area contributed by atoms with Gasteiger partial charge in [0.2, 0.25) is 0 Å². The van der Waals surface area contributed by atoms with Crippen LogP contribution in [0.5, 0.6) is 0 Å². The van der Waals surface area contributed by atoms with Gasteiger partial charge in [0, 0.05) is 5.56 Å². The Labute approximate surface area is 132 Å². The average Bonchev–Trinajstić information content (AvgIpc) is 2.98. The highest BCUT2D eigenvalue weighted by molar-refractivity contribution is 5.94. The summed E-state index contributed by atoms with van der Waals surface area (Å²) in [7, 11) is 0. The van der Waals surface area contributed by atoms with E-state index in [1.165, 1.54) is 10.9 Å². The molecule has 0 radical (unpaired) electrons. The van der Waals surface area contributed by atoms with Gasteiger partial charge >= 0.3 is 5.97 Å². The number of carbonyl (C=O) groups is 1. The lowest BCUT2D eigenvalue weighted by Gasteiger charge is -2.05. The Morgan fingerprint density at radius 3 is 2.61 bits per heavy atom. The van der Waals surface area contributed by atoms with Crippen LogP contribution in [0, 0.1) is 0 Å². The zero-order chi connectivity index (χ0) is 16.2. The molecule has 0 aliphatic heterocycles. The zero-order valence-electron chi connectivity index (χ0n) is 12.5. The van der Waals surface area contributed by atoms with E-state index in [-0.39, 0.29) is 18.0 Å². The fourth-order valence-electron chi connectivity index (χ4n) is 2.11. The molecule has 0 aliphatic carbocycles. The van der Waals surface area contributed by atoms with Crippen LogP contribution in [0.1, 0.15) is 17.3 Å². The summed E-state index contributed by atoms with van der Waals surface area (Å²) in [6, 6.07) is 13.3. The first-order valence-electron chi connectivity index (χ1n) is 7.11. The first-order chi connectivity index (χ1) is 11.2. The molecule has 2 aromatic heterocycles. The number of aromatic nitrogens is 4. The summed E-state index contributed by atoms with van der Waals surface area (Å²) >= 11 is 0. The van der Waals surface area contributed by atoms with Gasteiger partial charge in [-0.05, 0) is 19.1 Å². The molecule has 0 saturated heterocycles. The summed E-state index contributed by atoms with van der Waals surface area (Å²) in [6.07, 6.45) is 1.36. The minimum absolute atomic E-state index is 0.171. The Hall–Kier alpha value is -3.22. The van der Waals surface area contributed by atoms with E-state index in [4.69, 9.17) is 10.5 Å². The van der Waals surface area contributed by atoms with Crippen molar-refractivity contribution in [3.8, 4) is 17.1 Å². The minimum atomic E-state index is -0.509. The van der Waals surface area contributed by atoms with Crippen LogP contribution in [0.25, 0.3) is 17.1 Å². The minimum Gasteiger partial charge on any atom is -0.462 e. The van der Waals surface area contributed by atoms with E-state index in [1.54, 1.807) is 13.0 Å². The van der Waals surface area contributed by atoms with Crippen molar-refractivity contribution in [3.05, 3.63) is 54.2 Å². The van der Waals surface area contributed by atoms with Crippen LogP contribution in [-0.4, -0.2) is 32.6 Å². The number of ether oxygens (including phenoxy) is 1. The highest BCUT2D eigenvalue weighted by atomic mass is 16.5. The van der Waals surface area contributed by atoms with E-state index in [0.29, 0.717) is 5.82 Å². The third-order valence-corrected chi connectivity index (χ3v) is 3.24. The van der Waals surface area contributed by atoms with E-state index in [1.807, 2.05) is 36.4 Å². The summed E-state index contributed by atoms with van der Waals surface area (Å²) in [5.74, 6) is 0.0908. The Kier molecular flexibility index (Phi) is 4.01. The number of nitrogen functional groups attached to an aromatic ring is 1. The highest BCUT2D eigenvalue weighted by Crippen LogP contribution is 2.19. The van der Waals surface area contributed by atoms with Gasteiger partial charge in [-0.15, -0.1) is 10.2 Å². The van der Waals surface area contributed by atoms with Crippen LogP contribution in [0.3, 0.4) is 0 Å². The van der Waals surface area contributed by atoms with Crippen LogP contribution < -0.4 is 5.73 Å². The molecule has 0 bridgehead atoms. The number of nitrogens with two attached hydrogens (primary N) is 1. The predicted molar refractivity (Wildman–Crippen MR) is 85.0 cm³/mol. The largest absolute Gasteiger partial charge is 0.462 e. The van der Waals surface area contributed by atoms with Crippen LogP contribution in [0.2, 0.25) is 0 Å². The van der Waals surface area contributed by atoms with Gasteiger partial charge in [0.1, 0.15) is 11.4 Å². The van der Waals surface area contributed by atoms with E-state index in [0.717, 1.165) is 11.3 Å². The summed E-state index contributed by atoms with van der Waals surface area (Å²) in [6.45, 7) is 2.00. The maximum Gasteiger partial charge on any atom is 0.343 e. The van der Waals surface area contributed by atoms with Crippen LogP contribution in [0.4, 0.5) is 5.82 Å². The summed E-state index contributed by atoms with van der Waals surface area (Å²) in [5, 5.41) is 12.4. The number of anilines is 1. The van der Waals surface area contributed by atoms with E-state index < -0.39 is 5.97 Å². The molecule has 0 saturated carbocycles. The SMILES string of the molecule is CCOC(=O)c1cnn(-c2ccc(-c3ccccc3)nn2)c1N. The molecule has 23 heavy (non-hydrogen) atoms. The van der Waals surface area contributed by atoms with Crippen molar-refractivity contribution < 1.29 is 9.53 Å². The van der Waals surface area contributed by atoms with Crippen LogP contribution in [0.15, 0.2) is 48.7 Å². The summed E-state index contributed by atoms with van der Waals surface area (Å²) in [4.78, 5) is 11.8. The summed E-state index contributed by atoms with van der Waals surface area (Å²) < 4.78 is 6.28. The Morgan fingerprint density at radius 1 is 1.17 bits per heavy atom. The van der Waals surface area contributed by atoms with Crippen molar-refractivity contribution in [2.45, 2.75) is 6.92 Å². The van der Waals surface area contributed by atoms with Crippen molar-refractivity contribution in [3.63, 3.8) is 0 Å². The van der Waals surface area contributed by atoms with Gasteiger partial charge in [0.15, 0.2) is 5.82 Å². The lowest BCUT2D eigenvalue weighted by molar-refractivity contribution is 0.0527. The van der Waals surface area contributed by atoms with Gasteiger partial charge in [-0.1, -0.05) is 30.3 Å². The molecular weight excluding hydrogens is 294 g/mol. The molecule has 1 aromatic carbocycles. The van der Waals surface area contributed by atoms with Gasteiger partial charge in [0.05, 0.1) is 18.5 Å². The van der Waals surface area contributed by atoms with E-state index in [2.05, 4.69) is 15.3 Å². The molecule has 116 valence electrons. The molecule has 0 spiro atoms. The van der Waals surface area contributed by atoms with Crippen LogP contribution in [-0.2, 0) is 4.74 Å². The molecular formula is C16H15N5O2. The Morgan fingerprint density at radius 2 is 1.96 bits per heavy atom. The fraction of sp³-hybridized carbons (Fsp3) is 0.125. The number of nitrogens with zero attached hydrogens (tertiary/aromatic N) is 4. The normalized spacial score (nSPS) is 10.5. The topological polar surface area (TPSA) is 95.9 Å². The van der Waals surface area contributed by atoms with Crippen molar-refractivity contribution in [1.29, 1.82) is 0 Å². The number of carbonyl (C=O) groups excluding carboxylic acids is 1. The second-order valence-electron chi connectivity index (χ2n) is 4.72.